The fraction of sp³-hybridized carbons (Fsp3) is 0.190. The van der Waals surface area contributed by atoms with Crippen LogP contribution in [-0.4, -0.2) is 35.9 Å². The summed E-state index contributed by atoms with van der Waals surface area (Å²) in [6, 6.07) is 12.7. The van der Waals surface area contributed by atoms with Crippen LogP contribution in [0.5, 0.6) is 0 Å². The molecule has 0 amide bonds. The Morgan fingerprint density at radius 1 is 1.00 bits per heavy atom. The van der Waals surface area contributed by atoms with E-state index in [1.54, 1.807) is 24.3 Å². The zero-order valence-corrected chi connectivity index (χ0v) is 16.7. The van der Waals surface area contributed by atoms with Crippen molar-refractivity contribution in [3.05, 3.63) is 69.9 Å². The topological polar surface area (TPSA) is 70.4 Å². The number of halogens is 1. The van der Waals surface area contributed by atoms with Crippen molar-refractivity contribution in [1.82, 2.24) is 9.78 Å². The highest BCUT2D eigenvalue weighted by Crippen LogP contribution is 2.35. The van der Waals surface area contributed by atoms with E-state index in [-0.39, 0.29) is 17.0 Å². The van der Waals surface area contributed by atoms with Crippen molar-refractivity contribution < 1.29 is 19.1 Å². The molecule has 6 nitrogen and oxygen atoms in total. The van der Waals surface area contributed by atoms with E-state index in [0.717, 1.165) is 11.1 Å². The molecule has 7 heteroatoms. The summed E-state index contributed by atoms with van der Waals surface area (Å²) in [6.45, 7) is 3.78. The molecule has 28 heavy (non-hydrogen) atoms. The molecule has 0 radical (unpaired) electrons. The molecule has 0 saturated carbocycles. The zero-order chi connectivity index (χ0) is 20.4. The third-order valence-corrected chi connectivity index (χ3v) is 4.81. The molecule has 3 rings (SSSR count). The number of rotatable bonds is 4. The maximum absolute atomic E-state index is 12.6. The number of ether oxygens (including phenoxy) is 2. The van der Waals surface area contributed by atoms with Gasteiger partial charge in [-0.25, -0.2) is 14.3 Å². The number of esters is 2. The van der Waals surface area contributed by atoms with Crippen molar-refractivity contribution in [1.29, 1.82) is 0 Å². The van der Waals surface area contributed by atoms with Crippen molar-refractivity contribution in [3.63, 3.8) is 0 Å². The molecule has 0 fully saturated rings. The second kappa shape index (κ2) is 7.86. The Bertz CT molecular complexity index is 1060. The van der Waals surface area contributed by atoms with Crippen molar-refractivity contribution in [2.24, 2.45) is 0 Å². The largest absolute Gasteiger partial charge is 0.465 e. The number of aryl methyl sites for hydroxylation is 2. The van der Waals surface area contributed by atoms with Crippen LogP contribution in [0.2, 0.25) is 5.02 Å². The number of carbonyl (C=O) groups is 2. The Labute approximate surface area is 167 Å². The number of carbonyl (C=O) groups excluding carboxylic acids is 2. The molecule has 0 spiro atoms. The Morgan fingerprint density at radius 2 is 1.64 bits per heavy atom. The van der Waals surface area contributed by atoms with E-state index in [9.17, 15) is 9.59 Å². The number of hydrogen-bond donors (Lipinski definition) is 0. The number of methoxy groups -OCH3 is 2. The quantitative estimate of drug-likeness (QED) is 0.610. The first-order valence-electron chi connectivity index (χ1n) is 8.51. The maximum Gasteiger partial charge on any atom is 0.357 e. The lowest BCUT2D eigenvalue weighted by Gasteiger charge is -2.08. The number of aromatic nitrogens is 2. The Hall–Kier alpha value is -3.12. The van der Waals surface area contributed by atoms with E-state index in [4.69, 9.17) is 21.1 Å². The van der Waals surface area contributed by atoms with E-state index < -0.39 is 11.9 Å². The minimum Gasteiger partial charge on any atom is -0.465 e. The lowest BCUT2D eigenvalue weighted by molar-refractivity contribution is 0.0549. The van der Waals surface area contributed by atoms with E-state index in [0.29, 0.717) is 16.3 Å². The highest BCUT2D eigenvalue weighted by molar-refractivity contribution is 6.34. The number of nitrogens with zero attached hydrogens (tertiary/aromatic N) is 2. The number of benzene rings is 2. The SMILES string of the molecule is COC(=O)c1c(-c2cc(C)cc(C)c2Cl)nn(-c2ccccc2)c1C(=O)OC. The monoisotopic (exact) mass is 398 g/mol. The Kier molecular flexibility index (Phi) is 5.51. The van der Waals surface area contributed by atoms with Gasteiger partial charge in [0.1, 0.15) is 11.3 Å². The first kappa shape index (κ1) is 19.6. The minimum atomic E-state index is -0.705. The fourth-order valence-corrected chi connectivity index (χ4v) is 3.26. The van der Waals surface area contributed by atoms with Gasteiger partial charge in [-0.1, -0.05) is 41.4 Å². The fourth-order valence-electron chi connectivity index (χ4n) is 3.07. The average Bonchev–Trinajstić information content (AvgIpc) is 3.10. The van der Waals surface area contributed by atoms with Crippen LogP contribution in [0.1, 0.15) is 32.0 Å². The molecular formula is C21H19ClN2O4. The van der Waals surface area contributed by atoms with Gasteiger partial charge >= 0.3 is 11.9 Å². The predicted molar refractivity (Wildman–Crippen MR) is 106 cm³/mol. The molecule has 0 atom stereocenters. The van der Waals surface area contributed by atoms with Crippen LogP contribution >= 0.6 is 11.6 Å². The molecule has 0 N–H and O–H groups in total. The molecule has 0 aliphatic carbocycles. The van der Waals surface area contributed by atoms with Crippen molar-refractivity contribution in [2.45, 2.75) is 13.8 Å². The summed E-state index contributed by atoms with van der Waals surface area (Å²) in [5.74, 6) is -1.41. The highest BCUT2D eigenvalue weighted by Gasteiger charge is 2.32. The van der Waals surface area contributed by atoms with Gasteiger partial charge in [0.2, 0.25) is 0 Å². The van der Waals surface area contributed by atoms with E-state index in [1.165, 1.54) is 18.9 Å². The summed E-state index contributed by atoms with van der Waals surface area (Å²) in [4.78, 5) is 25.2. The molecule has 1 aromatic heterocycles. The summed E-state index contributed by atoms with van der Waals surface area (Å²) in [6.07, 6.45) is 0. The van der Waals surface area contributed by atoms with Crippen LogP contribution in [0.4, 0.5) is 0 Å². The average molecular weight is 399 g/mol. The lowest BCUT2D eigenvalue weighted by Crippen LogP contribution is -2.15. The van der Waals surface area contributed by atoms with Crippen molar-refractivity contribution in [2.75, 3.05) is 14.2 Å². The van der Waals surface area contributed by atoms with Gasteiger partial charge in [0.05, 0.1) is 24.9 Å². The first-order chi connectivity index (χ1) is 13.4. The van der Waals surface area contributed by atoms with Crippen LogP contribution in [0.15, 0.2) is 42.5 Å². The normalized spacial score (nSPS) is 10.6. The van der Waals surface area contributed by atoms with Crippen LogP contribution < -0.4 is 0 Å². The van der Waals surface area contributed by atoms with Crippen molar-refractivity contribution in [3.8, 4) is 16.9 Å². The van der Waals surface area contributed by atoms with Gasteiger partial charge in [-0.05, 0) is 37.6 Å². The Morgan fingerprint density at radius 3 is 2.25 bits per heavy atom. The lowest BCUT2D eigenvalue weighted by atomic mass is 10.0. The smallest absolute Gasteiger partial charge is 0.357 e. The van der Waals surface area contributed by atoms with Gasteiger partial charge in [-0.3, -0.25) is 0 Å². The van der Waals surface area contributed by atoms with E-state index >= 15 is 0 Å². The molecule has 3 aromatic rings. The summed E-state index contributed by atoms with van der Waals surface area (Å²) < 4.78 is 11.2. The molecular weight excluding hydrogens is 380 g/mol. The maximum atomic E-state index is 12.6. The zero-order valence-electron chi connectivity index (χ0n) is 15.9. The number of hydrogen-bond acceptors (Lipinski definition) is 5. The van der Waals surface area contributed by atoms with Crippen LogP contribution in [0.3, 0.4) is 0 Å². The molecule has 0 aliphatic heterocycles. The molecule has 0 bridgehead atoms. The molecule has 0 aliphatic rings. The summed E-state index contributed by atoms with van der Waals surface area (Å²) >= 11 is 6.52. The molecule has 0 unspecified atom stereocenters. The first-order valence-corrected chi connectivity index (χ1v) is 8.89. The Balaban J connectivity index is 2.43. The summed E-state index contributed by atoms with van der Waals surface area (Å²) in [5.41, 5.74) is 3.16. The second-order valence-corrected chi connectivity index (χ2v) is 6.62. The second-order valence-electron chi connectivity index (χ2n) is 6.25. The summed E-state index contributed by atoms with van der Waals surface area (Å²) in [7, 11) is 2.49. The van der Waals surface area contributed by atoms with Crippen LogP contribution in [-0.2, 0) is 9.47 Å². The third kappa shape index (κ3) is 3.39. The molecule has 0 saturated heterocycles. The third-order valence-electron chi connectivity index (χ3n) is 4.31. The number of para-hydroxylation sites is 1. The van der Waals surface area contributed by atoms with Gasteiger partial charge in [0.15, 0.2) is 5.69 Å². The van der Waals surface area contributed by atoms with Gasteiger partial charge in [-0.15, -0.1) is 0 Å². The van der Waals surface area contributed by atoms with Crippen LogP contribution in [0.25, 0.3) is 16.9 Å². The van der Waals surface area contributed by atoms with Crippen LogP contribution in [0, 0.1) is 13.8 Å². The molecule has 144 valence electrons. The standard InChI is InChI=1S/C21H19ClN2O4/c1-12-10-13(2)17(22)15(11-12)18-16(20(25)27-3)19(21(26)28-4)24(23-18)14-8-6-5-7-9-14/h5-11H,1-4H3. The van der Waals surface area contributed by atoms with Gasteiger partial charge < -0.3 is 9.47 Å². The van der Waals surface area contributed by atoms with Crippen molar-refractivity contribution >= 4 is 23.5 Å². The minimum absolute atomic E-state index is 0.00473. The predicted octanol–water partition coefficient (Wildman–Crippen LogP) is 4.38. The summed E-state index contributed by atoms with van der Waals surface area (Å²) in [5, 5.41) is 5.01. The van der Waals surface area contributed by atoms with Gasteiger partial charge in [-0.2, -0.15) is 5.10 Å². The molecule has 2 aromatic carbocycles. The molecule has 1 heterocycles. The van der Waals surface area contributed by atoms with E-state index in [1.807, 2.05) is 32.0 Å². The van der Waals surface area contributed by atoms with Gasteiger partial charge in [0.25, 0.3) is 0 Å². The van der Waals surface area contributed by atoms with E-state index in [2.05, 4.69) is 5.10 Å². The highest BCUT2D eigenvalue weighted by atomic mass is 35.5. The van der Waals surface area contributed by atoms with Gasteiger partial charge in [0, 0.05) is 5.56 Å².